The van der Waals surface area contributed by atoms with Gasteiger partial charge in [0.05, 0.1) is 29.7 Å². The van der Waals surface area contributed by atoms with E-state index in [0.717, 1.165) is 28.6 Å². The number of nitro groups is 1. The first-order valence-electron chi connectivity index (χ1n) is 8.80. The first-order valence-corrected chi connectivity index (χ1v) is 10.6. The summed E-state index contributed by atoms with van der Waals surface area (Å²) >= 11 is 0. The molecular weight excluding hydrogens is 398 g/mol. The zero-order valence-corrected chi connectivity index (χ0v) is 17.4. The zero-order valence-electron chi connectivity index (χ0n) is 16.6. The Morgan fingerprint density at radius 3 is 2.34 bits per heavy atom. The van der Waals surface area contributed by atoms with Crippen molar-refractivity contribution in [2.24, 2.45) is 0 Å². The number of amides is 1. The van der Waals surface area contributed by atoms with E-state index in [2.05, 4.69) is 5.32 Å². The summed E-state index contributed by atoms with van der Waals surface area (Å²) in [6.07, 6.45) is 1.81. The number of aryl methyl sites for hydroxylation is 1. The maximum absolute atomic E-state index is 12.8. The van der Waals surface area contributed by atoms with Gasteiger partial charge < -0.3 is 10.1 Å². The molecule has 29 heavy (non-hydrogen) atoms. The van der Waals surface area contributed by atoms with Gasteiger partial charge in [-0.15, -0.1) is 0 Å². The Balaban J connectivity index is 2.37. The van der Waals surface area contributed by atoms with Crippen LogP contribution in [0.1, 0.15) is 19.4 Å². The minimum absolute atomic E-state index is 0.0772. The summed E-state index contributed by atoms with van der Waals surface area (Å²) in [5.74, 6) is -0.442. The molecular formula is C19H23N3O6S. The van der Waals surface area contributed by atoms with Gasteiger partial charge in [-0.05, 0) is 37.1 Å². The van der Waals surface area contributed by atoms with Gasteiger partial charge in [0.2, 0.25) is 15.9 Å². The highest BCUT2D eigenvalue weighted by Gasteiger charge is 2.30. The molecule has 2 aromatic rings. The predicted octanol–water partition coefficient (Wildman–Crippen LogP) is 2.96. The monoisotopic (exact) mass is 421 g/mol. The highest BCUT2D eigenvalue weighted by atomic mass is 32.2. The van der Waals surface area contributed by atoms with Crippen LogP contribution in [-0.4, -0.2) is 38.7 Å². The van der Waals surface area contributed by atoms with Crippen LogP contribution >= 0.6 is 0 Å². The number of methoxy groups -OCH3 is 1. The lowest BCUT2D eigenvalue weighted by Crippen LogP contribution is -2.45. The molecule has 156 valence electrons. The van der Waals surface area contributed by atoms with E-state index in [0.29, 0.717) is 5.69 Å². The van der Waals surface area contributed by atoms with E-state index in [1.807, 2.05) is 6.92 Å². The summed E-state index contributed by atoms with van der Waals surface area (Å²) in [5.41, 5.74) is 1.22. The number of nitrogens with one attached hydrogen (secondary N) is 1. The smallest absolute Gasteiger partial charge is 0.271 e. The molecule has 10 heteroatoms. The Hall–Kier alpha value is -3.14. The molecule has 0 fully saturated rings. The molecule has 2 rings (SSSR count). The molecule has 1 amide bonds. The second-order valence-corrected chi connectivity index (χ2v) is 8.25. The standard InChI is InChI=1S/C19H23N3O6S/c1-5-14-6-8-15(9-7-14)21(29(4,26)27)13(2)19(23)20-17-12-16(22(24)25)10-11-18(17)28-3/h6-13H,5H2,1-4H3,(H,20,23). The molecule has 0 radical (unpaired) electrons. The summed E-state index contributed by atoms with van der Waals surface area (Å²) in [6.45, 7) is 3.42. The van der Waals surface area contributed by atoms with Gasteiger partial charge in [0.1, 0.15) is 11.8 Å². The number of carbonyl (C=O) groups excluding carboxylic acids is 1. The summed E-state index contributed by atoms with van der Waals surface area (Å²) in [7, 11) is -2.42. The highest BCUT2D eigenvalue weighted by molar-refractivity contribution is 7.92. The van der Waals surface area contributed by atoms with Crippen molar-refractivity contribution in [3.05, 3.63) is 58.1 Å². The number of carbonyl (C=O) groups is 1. The van der Waals surface area contributed by atoms with Crippen molar-refractivity contribution < 1.29 is 22.9 Å². The number of ether oxygens (including phenoxy) is 1. The van der Waals surface area contributed by atoms with Crippen molar-refractivity contribution in [1.82, 2.24) is 0 Å². The third kappa shape index (κ3) is 5.23. The molecule has 1 atom stereocenters. The molecule has 1 unspecified atom stereocenters. The van der Waals surface area contributed by atoms with E-state index < -0.39 is 26.9 Å². The van der Waals surface area contributed by atoms with E-state index in [9.17, 15) is 23.3 Å². The van der Waals surface area contributed by atoms with Crippen molar-refractivity contribution in [2.45, 2.75) is 26.3 Å². The predicted molar refractivity (Wildman–Crippen MR) is 111 cm³/mol. The number of non-ortho nitro benzene ring substituents is 1. The number of benzene rings is 2. The number of hydrogen-bond acceptors (Lipinski definition) is 6. The summed E-state index contributed by atoms with van der Waals surface area (Å²) in [6, 6.07) is 9.51. The average molecular weight is 421 g/mol. The van der Waals surface area contributed by atoms with Gasteiger partial charge in [-0.1, -0.05) is 19.1 Å². The summed E-state index contributed by atoms with van der Waals surface area (Å²) < 4.78 is 30.9. The molecule has 0 aliphatic carbocycles. The minimum Gasteiger partial charge on any atom is -0.495 e. The molecule has 0 aliphatic heterocycles. The van der Waals surface area contributed by atoms with Crippen LogP contribution < -0.4 is 14.4 Å². The van der Waals surface area contributed by atoms with Crippen molar-refractivity contribution in [3.8, 4) is 5.75 Å². The minimum atomic E-state index is -3.78. The Morgan fingerprint density at radius 2 is 1.86 bits per heavy atom. The zero-order chi connectivity index (χ0) is 21.8. The topological polar surface area (TPSA) is 119 Å². The molecule has 0 heterocycles. The lowest BCUT2D eigenvalue weighted by atomic mass is 10.1. The number of nitro benzene ring substituents is 1. The number of nitrogens with zero attached hydrogens (tertiary/aromatic N) is 2. The molecule has 0 saturated heterocycles. The second-order valence-electron chi connectivity index (χ2n) is 6.39. The second kappa shape index (κ2) is 8.91. The molecule has 2 aromatic carbocycles. The molecule has 0 aromatic heterocycles. The first kappa shape index (κ1) is 22.2. The van der Waals surface area contributed by atoms with Gasteiger partial charge in [0, 0.05) is 12.1 Å². The fourth-order valence-electron chi connectivity index (χ4n) is 2.83. The quantitative estimate of drug-likeness (QED) is 0.517. The summed E-state index contributed by atoms with van der Waals surface area (Å²) in [5, 5.41) is 13.5. The molecule has 0 spiro atoms. The van der Waals surface area contributed by atoms with Crippen LogP contribution in [0.25, 0.3) is 0 Å². The SMILES string of the molecule is CCc1ccc(N(C(C)C(=O)Nc2cc([N+](=O)[O-])ccc2OC)S(C)(=O)=O)cc1. The van der Waals surface area contributed by atoms with E-state index in [1.165, 1.54) is 26.2 Å². The highest BCUT2D eigenvalue weighted by Crippen LogP contribution is 2.30. The Morgan fingerprint density at radius 1 is 1.24 bits per heavy atom. The lowest BCUT2D eigenvalue weighted by Gasteiger charge is -2.28. The maximum Gasteiger partial charge on any atom is 0.271 e. The van der Waals surface area contributed by atoms with Crippen LogP contribution in [0, 0.1) is 10.1 Å². The lowest BCUT2D eigenvalue weighted by molar-refractivity contribution is -0.384. The summed E-state index contributed by atoms with van der Waals surface area (Å²) in [4.78, 5) is 23.2. The maximum atomic E-state index is 12.8. The van der Waals surface area contributed by atoms with E-state index in [-0.39, 0.29) is 17.1 Å². The van der Waals surface area contributed by atoms with Gasteiger partial charge in [-0.3, -0.25) is 19.2 Å². The van der Waals surface area contributed by atoms with Gasteiger partial charge in [-0.25, -0.2) is 8.42 Å². The van der Waals surface area contributed by atoms with Crippen molar-refractivity contribution in [3.63, 3.8) is 0 Å². The Labute approximate surface area is 169 Å². The molecule has 0 bridgehead atoms. The third-order valence-electron chi connectivity index (χ3n) is 4.34. The average Bonchev–Trinajstić information content (AvgIpc) is 2.67. The normalized spacial score (nSPS) is 12.1. The van der Waals surface area contributed by atoms with Crippen molar-refractivity contribution in [2.75, 3.05) is 23.0 Å². The van der Waals surface area contributed by atoms with E-state index in [4.69, 9.17) is 4.74 Å². The number of sulfonamides is 1. The van der Waals surface area contributed by atoms with Crippen LogP contribution in [-0.2, 0) is 21.2 Å². The van der Waals surface area contributed by atoms with Gasteiger partial charge in [0.15, 0.2) is 0 Å². The molecule has 1 N–H and O–H groups in total. The Bertz CT molecular complexity index is 1010. The fraction of sp³-hybridized carbons (Fsp3) is 0.316. The van der Waals surface area contributed by atoms with Crippen LogP contribution in [0.5, 0.6) is 5.75 Å². The molecule has 0 saturated carbocycles. The van der Waals surface area contributed by atoms with Gasteiger partial charge in [0.25, 0.3) is 5.69 Å². The van der Waals surface area contributed by atoms with Crippen molar-refractivity contribution >= 4 is 33.0 Å². The van der Waals surface area contributed by atoms with Crippen LogP contribution in [0.3, 0.4) is 0 Å². The largest absolute Gasteiger partial charge is 0.495 e. The van der Waals surface area contributed by atoms with Crippen LogP contribution in [0.4, 0.5) is 17.1 Å². The number of anilines is 2. The third-order valence-corrected chi connectivity index (χ3v) is 5.58. The fourth-order valence-corrected chi connectivity index (χ4v) is 4.01. The van der Waals surface area contributed by atoms with Gasteiger partial charge in [-0.2, -0.15) is 0 Å². The van der Waals surface area contributed by atoms with Crippen LogP contribution in [0.15, 0.2) is 42.5 Å². The van der Waals surface area contributed by atoms with Crippen molar-refractivity contribution in [1.29, 1.82) is 0 Å². The number of hydrogen-bond donors (Lipinski definition) is 1. The first-order chi connectivity index (χ1) is 13.6. The number of rotatable bonds is 8. The molecule has 9 nitrogen and oxygen atoms in total. The molecule has 0 aliphatic rings. The Kier molecular flexibility index (Phi) is 6.80. The van der Waals surface area contributed by atoms with Crippen LogP contribution in [0.2, 0.25) is 0 Å². The van der Waals surface area contributed by atoms with E-state index >= 15 is 0 Å². The van der Waals surface area contributed by atoms with E-state index in [1.54, 1.807) is 24.3 Å². The van der Waals surface area contributed by atoms with Gasteiger partial charge >= 0.3 is 0 Å².